The first-order valence-corrected chi connectivity index (χ1v) is 15.5. The standard InChI is InChI=1S/C26H36F4IN5O3/c1-17(26(28,29)30)39-23-4-3-19-7-12-36(13-8-21(19)34-23)14-11-25(27)9-5-20(6-10-25)33-22(37)16-38-24-15-32-18(2)31-35-24/h3-4,15,17,19-21H,5-14,16H2,1-2H3,(H,33,37). The summed E-state index contributed by atoms with van der Waals surface area (Å²) in [6.07, 6.45) is 2.48. The summed E-state index contributed by atoms with van der Waals surface area (Å²) in [6.45, 7) is 4.88. The molecule has 0 bridgehead atoms. The molecule has 4 aliphatic rings. The summed E-state index contributed by atoms with van der Waals surface area (Å²) in [5, 5.41) is 2.94. The van der Waals surface area contributed by atoms with E-state index in [1.165, 1.54) is 12.3 Å². The Morgan fingerprint density at radius 1 is 1.23 bits per heavy atom. The number of nitrogens with zero attached hydrogens (tertiary/aromatic N) is 4. The Hall–Kier alpha value is -1.90. The van der Waals surface area contributed by atoms with Crippen molar-refractivity contribution < 1.29 is 31.8 Å². The molecule has 218 valence electrons. The summed E-state index contributed by atoms with van der Waals surface area (Å²) in [5.41, 5.74) is -1.27. The van der Waals surface area contributed by atoms with Crippen molar-refractivity contribution in [1.29, 1.82) is 0 Å². The van der Waals surface area contributed by atoms with Gasteiger partial charge in [-0.25, -0.2) is 14.4 Å². The van der Waals surface area contributed by atoms with Crippen LogP contribution in [0.15, 0.2) is 25.3 Å². The molecule has 3 unspecified atom stereocenters. The first-order chi connectivity index (χ1) is 18.5. The molecule has 1 saturated heterocycles. The second-order valence-corrected chi connectivity index (χ2v) is 13.1. The van der Waals surface area contributed by atoms with Crippen LogP contribution in [-0.2, 0) is 14.3 Å². The molecule has 0 aromatic carbocycles. The SMILES string of the molecule is CC1=IN=C(OCC(=O)NC2CCC(F)(CCN3CCC4C=CC(OC(C)C(F)(F)F)=NC4CC3)CC2)C=N1. The van der Waals surface area contributed by atoms with Crippen molar-refractivity contribution in [2.45, 2.75) is 88.8 Å². The summed E-state index contributed by atoms with van der Waals surface area (Å²) in [6, 6.07) is -0.197. The van der Waals surface area contributed by atoms with E-state index in [4.69, 9.17) is 9.47 Å². The highest BCUT2D eigenvalue weighted by molar-refractivity contribution is 14.2. The van der Waals surface area contributed by atoms with Crippen LogP contribution >= 0.6 is 21.0 Å². The molecule has 4 rings (SSSR count). The number of likely N-dealkylation sites (tertiary alicyclic amines) is 1. The van der Waals surface area contributed by atoms with E-state index in [0.29, 0.717) is 57.5 Å². The number of hydrogen-bond donors (Lipinski definition) is 1. The molecular weight excluding hydrogens is 633 g/mol. The summed E-state index contributed by atoms with van der Waals surface area (Å²) in [5.74, 6) is 0.318. The van der Waals surface area contributed by atoms with Gasteiger partial charge in [-0.1, -0.05) is 6.08 Å². The molecule has 1 N–H and O–H groups in total. The quantitative estimate of drug-likeness (QED) is 0.315. The Labute approximate surface area is 236 Å². The number of fused-ring (bicyclic) bond motifs is 1. The van der Waals surface area contributed by atoms with Gasteiger partial charge in [-0.05, 0) is 71.4 Å². The van der Waals surface area contributed by atoms with E-state index < -0.39 is 39.0 Å². The maximum absolute atomic E-state index is 15.6. The Bertz CT molecular complexity index is 1040. The predicted octanol–water partition coefficient (Wildman–Crippen LogP) is 4.69. The van der Waals surface area contributed by atoms with Gasteiger partial charge in [0.05, 0.1) is 36.9 Å². The van der Waals surface area contributed by atoms with Gasteiger partial charge < -0.3 is 19.7 Å². The van der Waals surface area contributed by atoms with E-state index in [-0.39, 0.29) is 36.4 Å². The summed E-state index contributed by atoms with van der Waals surface area (Å²) >= 11 is -0.515. The molecule has 3 heterocycles. The van der Waals surface area contributed by atoms with Crippen molar-refractivity contribution >= 4 is 48.6 Å². The molecule has 0 spiro atoms. The van der Waals surface area contributed by atoms with E-state index in [9.17, 15) is 18.0 Å². The van der Waals surface area contributed by atoms with Crippen molar-refractivity contribution in [2.24, 2.45) is 19.1 Å². The van der Waals surface area contributed by atoms with Gasteiger partial charge >= 0.3 is 6.18 Å². The Morgan fingerprint density at radius 3 is 2.67 bits per heavy atom. The number of nitrogens with one attached hydrogen (secondary N) is 1. The van der Waals surface area contributed by atoms with E-state index in [1.807, 2.05) is 13.0 Å². The zero-order valence-corrected chi connectivity index (χ0v) is 24.4. The lowest BCUT2D eigenvalue weighted by molar-refractivity contribution is -0.192. The van der Waals surface area contributed by atoms with Crippen LogP contribution in [0.4, 0.5) is 17.6 Å². The third-order valence-electron chi connectivity index (χ3n) is 7.63. The largest absolute Gasteiger partial charge is 0.466 e. The number of rotatable bonds is 7. The number of alkyl halides is 4. The van der Waals surface area contributed by atoms with Crippen LogP contribution in [0, 0.1) is 5.92 Å². The van der Waals surface area contributed by atoms with Crippen LogP contribution in [0.1, 0.15) is 58.8 Å². The van der Waals surface area contributed by atoms with Crippen molar-refractivity contribution in [1.82, 2.24) is 10.2 Å². The van der Waals surface area contributed by atoms with Crippen molar-refractivity contribution in [3.05, 3.63) is 12.2 Å². The molecule has 3 aliphatic heterocycles. The molecule has 0 radical (unpaired) electrons. The molecule has 1 aliphatic carbocycles. The van der Waals surface area contributed by atoms with Crippen LogP contribution in [-0.4, -0.2) is 88.7 Å². The van der Waals surface area contributed by atoms with E-state index in [2.05, 4.69) is 23.4 Å². The Morgan fingerprint density at radius 2 is 1.97 bits per heavy atom. The minimum atomic E-state index is -4.44. The second kappa shape index (κ2) is 13.2. The predicted molar refractivity (Wildman–Crippen MR) is 152 cm³/mol. The third kappa shape index (κ3) is 9.05. The minimum Gasteiger partial charge on any atom is -0.466 e. The zero-order chi connectivity index (χ0) is 28.0. The number of carbonyl (C=O) groups is 1. The van der Waals surface area contributed by atoms with Gasteiger partial charge in [-0.15, -0.1) is 0 Å². The number of ether oxygens (including phenoxy) is 2. The maximum Gasteiger partial charge on any atom is 0.425 e. The first kappa shape index (κ1) is 30.1. The van der Waals surface area contributed by atoms with Gasteiger partial charge in [0.15, 0.2) is 12.7 Å². The topological polar surface area (TPSA) is 87.9 Å². The molecule has 0 aromatic heterocycles. The Balaban J connectivity index is 1.16. The highest BCUT2D eigenvalue weighted by Crippen LogP contribution is 2.36. The Kier molecular flexibility index (Phi) is 10.2. The van der Waals surface area contributed by atoms with Crippen molar-refractivity contribution in [3.63, 3.8) is 0 Å². The molecule has 39 heavy (non-hydrogen) atoms. The fourth-order valence-electron chi connectivity index (χ4n) is 5.15. The van der Waals surface area contributed by atoms with E-state index in [1.54, 1.807) is 0 Å². The summed E-state index contributed by atoms with van der Waals surface area (Å²) < 4.78 is 69.8. The monoisotopic (exact) mass is 669 g/mol. The van der Waals surface area contributed by atoms with Gasteiger partial charge in [0.1, 0.15) is 5.67 Å². The molecule has 1 saturated carbocycles. The number of amides is 1. The van der Waals surface area contributed by atoms with Gasteiger partial charge in [0, 0.05) is 25.0 Å². The van der Waals surface area contributed by atoms with E-state index in [0.717, 1.165) is 23.5 Å². The average Bonchev–Trinajstić information content (AvgIpc) is 3.10. The lowest BCUT2D eigenvalue weighted by Crippen LogP contribution is -2.44. The fourth-order valence-corrected chi connectivity index (χ4v) is 6.27. The lowest BCUT2D eigenvalue weighted by Gasteiger charge is -2.35. The van der Waals surface area contributed by atoms with Crippen LogP contribution in [0.25, 0.3) is 0 Å². The van der Waals surface area contributed by atoms with Gasteiger partial charge in [0.2, 0.25) is 11.8 Å². The van der Waals surface area contributed by atoms with Gasteiger partial charge in [0.25, 0.3) is 5.91 Å². The highest BCUT2D eigenvalue weighted by atomic mass is 127. The van der Waals surface area contributed by atoms with Crippen LogP contribution < -0.4 is 5.32 Å². The maximum atomic E-state index is 15.6. The molecule has 3 atom stereocenters. The molecular formula is C26H36F4IN5O3. The lowest BCUT2D eigenvalue weighted by atomic mass is 9.81. The number of aliphatic imine (C=N–C) groups is 2. The van der Waals surface area contributed by atoms with E-state index >= 15 is 4.39 Å². The first-order valence-electron chi connectivity index (χ1n) is 13.4. The average molecular weight is 670 g/mol. The van der Waals surface area contributed by atoms with Gasteiger partial charge in [-0.2, -0.15) is 16.4 Å². The number of dihydropyridines is 1. The number of carbonyl (C=O) groups excluding carboxylic acids is 1. The molecule has 0 aromatic rings. The number of hydrogen-bond acceptors (Lipinski definition) is 7. The second-order valence-electron chi connectivity index (χ2n) is 10.6. The van der Waals surface area contributed by atoms with Crippen LogP contribution in [0.3, 0.4) is 0 Å². The number of halogens is 5. The van der Waals surface area contributed by atoms with Gasteiger partial charge in [-0.3, -0.25) is 4.79 Å². The van der Waals surface area contributed by atoms with Crippen molar-refractivity contribution in [3.8, 4) is 0 Å². The van der Waals surface area contributed by atoms with Crippen LogP contribution in [0.5, 0.6) is 0 Å². The van der Waals surface area contributed by atoms with Crippen molar-refractivity contribution in [2.75, 3.05) is 26.2 Å². The summed E-state index contributed by atoms with van der Waals surface area (Å²) in [7, 11) is 0. The molecule has 1 amide bonds. The summed E-state index contributed by atoms with van der Waals surface area (Å²) in [4.78, 5) is 23.1. The third-order valence-corrected chi connectivity index (χ3v) is 9.32. The molecule has 13 heteroatoms. The normalized spacial score (nSPS) is 30.5. The molecule has 8 nitrogen and oxygen atoms in total. The van der Waals surface area contributed by atoms with Crippen LogP contribution in [0.2, 0.25) is 0 Å². The zero-order valence-electron chi connectivity index (χ0n) is 22.2. The fraction of sp³-hybridized carbons (Fsp3) is 0.731. The molecule has 2 fully saturated rings. The minimum absolute atomic E-state index is 0.0271. The highest BCUT2D eigenvalue weighted by Gasteiger charge is 2.39. The smallest absolute Gasteiger partial charge is 0.425 e.